The van der Waals surface area contributed by atoms with Crippen LogP contribution in [0.2, 0.25) is 0 Å². The van der Waals surface area contributed by atoms with Crippen LogP contribution < -0.4 is 0 Å². The van der Waals surface area contributed by atoms with E-state index in [1.165, 1.54) is 26.4 Å². The normalized spacial score (nSPS) is 20.4. The quantitative estimate of drug-likeness (QED) is 0.611. The summed E-state index contributed by atoms with van der Waals surface area (Å²) in [4.78, 5) is 24.0. The first-order valence-corrected chi connectivity index (χ1v) is 7.15. The number of hydrogen-bond donors (Lipinski definition) is 0. The smallest absolute Gasteiger partial charge is 0.337 e. The Morgan fingerprint density at radius 2 is 2.10 bits per heavy atom. The van der Waals surface area contributed by atoms with Crippen molar-refractivity contribution in [1.82, 2.24) is 0 Å². The molecule has 104 valence electrons. The minimum Gasteiger partial charge on any atom is -0.465 e. The Labute approximate surface area is 118 Å². The molecule has 0 radical (unpaired) electrons. The molecule has 1 aromatic rings. The molecule has 1 fully saturated rings. The summed E-state index contributed by atoms with van der Waals surface area (Å²) in [6.07, 6.45) is 7.48. The number of carbonyl (C=O) groups excluding carboxylic acids is 2. The molecule has 20 heavy (non-hydrogen) atoms. The average molecular weight is 270 g/mol. The fourth-order valence-corrected chi connectivity index (χ4v) is 2.87. The van der Waals surface area contributed by atoms with Gasteiger partial charge < -0.3 is 4.74 Å². The number of carbonyl (C=O) groups is 2. The Hall–Kier alpha value is -1.90. The van der Waals surface area contributed by atoms with E-state index < -0.39 is 0 Å². The van der Waals surface area contributed by atoms with Crippen molar-refractivity contribution in [2.45, 2.75) is 32.1 Å². The highest BCUT2D eigenvalue weighted by atomic mass is 16.5. The fourth-order valence-electron chi connectivity index (χ4n) is 2.87. The van der Waals surface area contributed by atoms with E-state index in [1.54, 1.807) is 18.2 Å². The third kappa shape index (κ3) is 2.28. The lowest BCUT2D eigenvalue weighted by Crippen LogP contribution is -2.18. The van der Waals surface area contributed by atoms with Crippen molar-refractivity contribution < 1.29 is 14.3 Å². The number of benzene rings is 1. The molecule has 1 aromatic carbocycles. The van der Waals surface area contributed by atoms with Gasteiger partial charge in [0.2, 0.25) is 0 Å². The van der Waals surface area contributed by atoms with Gasteiger partial charge in [-0.3, -0.25) is 4.79 Å². The lowest BCUT2D eigenvalue weighted by molar-refractivity contribution is 0.0600. The summed E-state index contributed by atoms with van der Waals surface area (Å²) in [6.45, 7) is 0. The molecule has 0 heterocycles. The van der Waals surface area contributed by atoms with Crippen LogP contribution in [-0.2, 0) is 11.2 Å². The lowest BCUT2D eigenvalue weighted by atomic mass is 9.79. The van der Waals surface area contributed by atoms with Crippen LogP contribution in [0, 0.1) is 5.92 Å². The van der Waals surface area contributed by atoms with Gasteiger partial charge in [-0.25, -0.2) is 4.79 Å². The topological polar surface area (TPSA) is 43.4 Å². The molecule has 2 aliphatic carbocycles. The van der Waals surface area contributed by atoms with Crippen molar-refractivity contribution in [3.05, 3.63) is 46.5 Å². The molecule has 0 atom stereocenters. The van der Waals surface area contributed by atoms with E-state index in [1.807, 2.05) is 0 Å². The number of ether oxygens (including phenoxy) is 1. The number of aryl methyl sites for hydroxylation is 1. The predicted molar refractivity (Wildman–Crippen MR) is 75.9 cm³/mol. The number of rotatable bonds is 2. The van der Waals surface area contributed by atoms with Gasteiger partial charge in [0.15, 0.2) is 5.78 Å². The molecule has 0 bridgehead atoms. The number of hydrogen-bond acceptors (Lipinski definition) is 3. The zero-order valence-corrected chi connectivity index (χ0v) is 11.6. The van der Waals surface area contributed by atoms with Crippen molar-refractivity contribution in [3.63, 3.8) is 0 Å². The van der Waals surface area contributed by atoms with Crippen LogP contribution in [0.25, 0.3) is 0 Å². The molecule has 3 rings (SSSR count). The molecule has 0 amide bonds. The van der Waals surface area contributed by atoms with Gasteiger partial charge in [0.25, 0.3) is 0 Å². The Bertz CT molecular complexity index is 594. The molecule has 0 spiro atoms. The van der Waals surface area contributed by atoms with Gasteiger partial charge in [0, 0.05) is 5.56 Å². The molecular formula is C17H18O3. The maximum absolute atomic E-state index is 12.5. The monoisotopic (exact) mass is 270 g/mol. The number of ketones is 1. The van der Waals surface area contributed by atoms with E-state index in [4.69, 9.17) is 4.74 Å². The fraction of sp³-hybridized carbons (Fsp3) is 0.412. The number of fused-ring (bicyclic) bond motifs is 1. The van der Waals surface area contributed by atoms with Crippen LogP contribution in [0.15, 0.2) is 29.8 Å². The highest BCUT2D eigenvalue weighted by Crippen LogP contribution is 2.32. The van der Waals surface area contributed by atoms with Gasteiger partial charge >= 0.3 is 5.97 Å². The van der Waals surface area contributed by atoms with E-state index in [-0.39, 0.29) is 11.8 Å². The van der Waals surface area contributed by atoms with Crippen LogP contribution >= 0.6 is 0 Å². The average Bonchev–Trinajstić information content (AvgIpc) is 2.43. The van der Waals surface area contributed by atoms with E-state index in [2.05, 4.69) is 6.08 Å². The number of Topliss-reactive ketones (excluding diaryl/α,β-unsaturated/α-hetero) is 1. The second kappa shape index (κ2) is 5.23. The van der Waals surface area contributed by atoms with Crippen molar-refractivity contribution in [3.8, 4) is 0 Å². The van der Waals surface area contributed by atoms with E-state index in [0.717, 1.165) is 29.5 Å². The largest absolute Gasteiger partial charge is 0.465 e. The molecule has 2 aliphatic rings. The summed E-state index contributed by atoms with van der Waals surface area (Å²) < 4.78 is 4.71. The summed E-state index contributed by atoms with van der Waals surface area (Å²) in [5.74, 6) is 0.385. The van der Waals surface area contributed by atoms with Crippen molar-refractivity contribution in [1.29, 1.82) is 0 Å². The Morgan fingerprint density at radius 3 is 2.75 bits per heavy atom. The number of esters is 1. The molecule has 0 unspecified atom stereocenters. The molecule has 0 saturated heterocycles. The van der Waals surface area contributed by atoms with Crippen LogP contribution in [0.3, 0.4) is 0 Å². The molecule has 1 saturated carbocycles. The van der Waals surface area contributed by atoms with Gasteiger partial charge in [-0.15, -0.1) is 0 Å². The van der Waals surface area contributed by atoms with Crippen molar-refractivity contribution in [2.75, 3.05) is 7.11 Å². The first-order valence-electron chi connectivity index (χ1n) is 7.15. The first-order chi connectivity index (χ1) is 9.69. The summed E-state index contributed by atoms with van der Waals surface area (Å²) in [7, 11) is 1.37. The number of allylic oxidation sites excluding steroid dienone is 2. The zero-order valence-electron chi connectivity index (χ0n) is 11.6. The van der Waals surface area contributed by atoms with E-state index in [0.29, 0.717) is 11.5 Å². The van der Waals surface area contributed by atoms with Crippen LogP contribution in [0.1, 0.15) is 52.0 Å². The molecule has 0 aliphatic heterocycles. The summed E-state index contributed by atoms with van der Waals surface area (Å²) in [5.41, 5.74) is 3.18. The van der Waals surface area contributed by atoms with Crippen LogP contribution in [0.4, 0.5) is 0 Å². The Morgan fingerprint density at radius 1 is 1.30 bits per heavy atom. The third-order valence-electron chi connectivity index (χ3n) is 4.31. The highest BCUT2D eigenvalue weighted by Gasteiger charge is 2.25. The molecule has 3 heteroatoms. The van der Waals surface area contributed by atoms with Gasteiger partial charge in [0.05, 0.1) is 12.7 Å². The van der Waals surface area contributed by atoms with Gasteiger partial charge in [-0.1, -0.05) is 12.5 Å². The van der Waals surface area contributed by atoms with Gasteiger partial charge in [0.1, 0.15) is 0 Å². The standard InChI is InChI=1S/C17H18O3/c1-20-17(19)14-7-8-15-12(10-14)5-6-13(16(15)18)9-11-3-2-4-11/h7-11H,2-6H2,1H3/b13-9-. The van der Waals surface area contributed by atoms with E-state index in [9.17, 15) is 9.59 Å². The van der Waals surface area contributed by atoms with Crippen LogP contribution in [-0.4, -0.2) is 18.9 Å². The predicted octanol–water partition coefficient (Wildman–Crippen LogP) is 3.33. The second-order valence-corrected chi connectivity index (χ2v) is 5.58. The maximum Gasteiger partial charge on any atom is 0.337 e. The van der Waals surface area contributed by atoms with Crippen molar-refractivity contribution in [2.24, 2.45) is 5.92 Å². The summed E-state index contributed by atoms with van der Waals surface area (Å²) in [6, 6.07) is 5.23. The third-order valence-corrected chi connectivity index (χ3v) is 4.31. The Balaban J connectivity index is 1.88. The van der Waals surface area contributed by atoms with Crippen molar-refractivity contribution >= 4 is 11.8 Å². The minimum absolute atomic E-state index is 0.134. The maximum atomic E-state index is 12.5. The summed E-state index contributed by atoms with van der Waals surface area (Å²) in [5, 5.41) is 0. The van der Waals surface area contributed by atoms with Crippen LogP contribution in [0.5, 0.6) is 0 Å². The molecular weight excluding hydrogens is 252 g/mol. The van der Waals surface area contributed by atoms with Gasteiger partial charge in [-0.2, -0.15) is 0 Å². The lowest BCUT2D eigenvalue weighted by Gasteiger charge is -2.25. The van der Waals surface area contributed by atoms with Gasteiger partial charge in [-0.05, 0) is 60.9 Å². The number of methoxy groups -OCH3 is 1. The van der Waals surface area contributed by atoms with E-state index >= 15 is 0 Å². The molecule has 0 aromatic heterocycles. The second-order valence-electron chi connectivity index (χ2n) is 5.58. The molecule has 0 N–H and O–H groups in total. The highest BCUT2D eigenvalue weighted by molar-refractivity contribution is 6.11. The SMILES string of the molecule is COC(=O)c1ccc2c(c1)CC/C(=C/C1CCC1)C2=O. The minimum atomic E-state index is -0.351. The molecule has 3 nitrogen and oxygen atoms in total. The zero-order chi connectivity index (χ0) is 14.1. The summed E-state index contributed by atoms with van der Waals surface area (Å²) >= 11 is 0. The first kappa shape index (κ1) is 13.1. The Kier molecular flexibility index (Phi) is 3.43.